The Balaban J connectivity index is 2.04. The van der Waals surface area contributed by atoms with Crippen molar-refractivity contribution >= 4 is 17.5 Å². The van der Waals surface area contributed by atoms with Crippen LogP contribution in [0.5, 0.6) is 0 Å². The maximum atomic E-state index is 12.4. The number of rotatable bonds is 5. The molecule has 1 atom stereocenters. The fourth-order valence-electron chi connectivity index (χ4n) is 2.39. The minimum atomic E-state index is -1.94. The van der Waals surface area contributed by atoms with Crippen LogP contribution in [0.25, 0.3) is 0 Å². The summed E-state index contributed by atoms with van der Waals surface area (Å²) in [4.78, 5) is 26.0. The second-order valence-corrected chi connectivity index (χ2v) is 5.84. The molecule has 1 heterocycles. The summed E-state index contributed by atoms with van der Waals surface area (Å²) in [6.07, 6.45) is 0.937. The molecule has 2 amide bonds. The fourth-order valence-corrected chi connectivity index (χ4v) is 2.39. The molecule has 0 unspecified atom stereocenters. The molecule has 0 saturated carbocycles. The Morgan fingerprint density at radius 3 is 2.67 bits per heavy atom. The second kappa shape index (κ2) is 6.26. The van der Waals surface area contributed by atoms with E-state index in [-0.39, 0.29) is 6.42 Å². The van der Waals surface area contributed by atoms with Crippen molar-refractivity contribution in [1.82, 2.24) is 5.32 Å². The Kier molecular flexibility index (Phi) is 4.63. The van der Waals surface area contributed by atoms with E-state index in [9.17, 15) is 14.7 Å². The summed E-state index contributed by atoms with van der Waals surface area (Å²) in [5.74, 6) is -0.678. The zero-order chi connectivity index (χ0) is 15.5. The van der Waals surface area contributed by atoms with Crippen molar-refractivity contribution in [3.05, 3.63) is 30.3 Å². The smallest absolute Gasteiger partial charge is 0.268 e. The minimum Gasteiger partial charge on any atom is -0.372 e. The van der Waals surface area contributed by atoms with Gasteiger partial charge in [0.2, 0.25) is 5.60 Å². The minimum absolute atomic E-state index is 0.119. The van der Waals surface area contributed by atoms with Gasteiger partial charge in [0, 0.05) is 25.2 Å². The highest BCUT2D eigenvalue weighted by atomic mass is 16.3. The quantitative estimate of drug-likeness (QED) is 0.804. The molecule has 1 aromatic rings. The molecule has 1 aliphatic rings. The fraction of sp³-hybridized carbons (Fsp3) is 0.500. The summed E-state index contributed by atoms with van der Waals surface area (Å²) < 4.78 is 0. The number of carbonyl (C=O) groups excluding carboxylic acids is 2. The van der Waals surface area contributed by atoms with Gasteiger partial charge in [0.15, 0.2) is 0 Å². The van der Waals surface area contributed by atoms with E-state index in [1.54, 1.807) is 12.1 Å². The maximum Gasteiger partial charge on any atom is 0.268 e. The molecule has 1 aromatic carbocycles. The molecular formula is C16H22N2O3. The molecule has 0 aromatic heterocycles. The Labute approximate surface area is 125 Å². The number of benzene rings is 1. The Morgan fingerprint density at radius 1 is 1.38 bits per heavy atom. The summed E-state index contributed by atoms with van der Waals surface area (Å²) in [5.41, 5.74) is -1.24. The van der Waals surface area contributed by atoms with E-state index in [2.05, 4.69) is 19.2 Å². The first-order valence-electron chi connectivity index (χ1n) is 7.33. The normalized spacial score (nSPS) is 21.9. The van der Waals surface area contributed by atoms with Gasteiger partial charge < -0.3 is 15.3 Å². The molecule has 1 saturated heterocycles. The van der Waals surface area contributed by atoms with Crippen LogP contribution in [0.1, 0.15) is 26.7 Å². The molecule has 0 spiro atoms. The van der Waals surface area contributed by atoms with Crippen LogP contribution in [0, 0.1) is 5.92 Å². The van der Waals surface area contributed by atoms with Gasteiger partial charge in [-0.1, -0.05) is 32.0 Å². The van der Waals surface area contributed by atoms with Gasteiger partial charge in [0.05, 0.1) is 0 Å². The van der Waals surface area contributed by atoms with Crippen molar-refractivity contribution in [1.29, 1.82) is 0 Å². The summed E-state index contributed by atoms with van der Waals surface area (Å²) in [6.45, 7) is 4.92. The van der Waals surface area contributed by atoms with E-state index in [4.69, 9.17) is 0 Å². The number of hydrogen-bond donors (Lipinski definition) is 2. The van der Waals surface area contributed by atoms with Crippen LogP contribution in [0.2, 0.25) is 0 Å². The van der Waals surface area contributed by atoms with Crippen LogP contribution in [-0.2, 0) is 9.59 Å². The van der Waals surface area contributed by atoms with Crippen LogP contribution in [0.3, 0.4) is 0 Å². The van der Waals surface area contributed by atoms with Crippen molar-refractivity contribution in [2.75, 3.05) is 18.0 Å². The van der Waals surface area contributed by atoms with Gasteiger partial charge in [-0.3, -0.25) is 9.59 Å². The van der Waals surface area contributed by atoms with Crippen molar-refractivity contribution in [3.8, 4) is 0 Å². The number of amides is 2. The van der Waals surface area contributed by atoms with Gasteiger partial charge in [0.25, 0.3) is 11.8 Å². The molecule has 2 N–H and O–H groups in total. The molecule has 5 nitrogen and oxygen atoms in total. The number of nitrogens with one attached hydrogen (secondary N) is 1. The van der Waals surface area contributed by atoms with Gasteiger partial charge in [-0.05, 0) is 24.5 Å². The monoisotopic (exact) mass is 290 g/mol. The van der Waals surface area contributed by atoms with Crippen LogP contribution in [-0.4, -0.2) is 35.6 Å². The predicted octanol–water partition coefficient (Wildman–Crippen LogP) is 1.32. The molecule has 2 rings (SSSR count). The lowest BCUT2D eigenvalue weighted by Crippen LogP contribution is -2.52. The van der Waals surface area contributed by atoms with Crippen LogP contribution < -0.4 is 10.2 Å². The number of carbonyl (C=O) groups is 2. The van der Waals surface area contributed by atoms with Crippen molar-refractivity contribution in [2.24, 2.45) is 5.92 Å². The summed E-state index contributed by atoms with van der Waals surface area (Å²) in [6, 6.07) is 9.08. The van der Waals surface area contributed by atoms with Crippen molar-refractivity contribution < 1.29 is 14.7 Å². The number of anilines is 1. The molecule has 114 valence electrons. The van der Waals surface area contributed by atoms with Crippen LogP contribution in [0.15, 0.2) is 30.3 Å². The Bertz CT molecular complexity index is 516. The van der Waals surface area contributed by atoms with Crippen molar-refractivity contribution in [3.63, 3.8) is 0 Å². The molecule has 1 fully saturated rings. The topological polar surface area (TPSA) is 69.6 Å². The van der Waals surface area contributed by atoms with Gasteiger partial charge in [-0.15, -0.1) is 0 Å². The van der Waals surface area contributed by atoms with E-state index < -0.39 is 17.4 Å². The highest BCUT2D eigenvalue weighted by molar-refractivity contribution is 6.16. The van der Waals surface area contributed by atoms with E-state index in [0.717, 1.165) is 6.42 Å². The van der Waals surface area contributed by atoms with Gasteiger partial charge in [-0.2, -0.15) is 0 Å². The lowest BCUT2D eigenvalue weighted by molar-refractivity contribution is -0.149. The van der Waals surface area contributed by atoms with Gasteiger partial charge in [0.1, 0.15) is 0 Å². The lowest BCUT2D eigenvalue weighted by Gasteiger charge is -2.22. The second-order valence-electron chi connectivity index (χ2n) is 5.84. The zero-order valence-corrected chi connectivity index (χ0v) is 12.5. The lowest BCUT2D eigenvalue weighted by atomic mass is 10.0. The van der Waals surface area contributed by atoms with E-state index in [1.807, 2.05) is 18.2 Å². The zero-order valence-electron chi connectivity index (χ0n) is 12.5. The summed E-state index contributed by atoms with van der Waals surface area (Å²) in [7, 11) is 0. The van der Waals surface area contributed by atoms with Crippen LogP contribution in [0.4, 0.5) is 5.69 Å². The molecule has 0 bridgehead atoms. The van der Waals surface area contributed by atoms with Crippen molar-refractivity contribution in [2.45, 2.75) is 32.3 Å². The third kappa shape index (κ3) is 3.24. The molecule has 5 heteroatoms. The number of para-hydroxylation sites is 1. The third-order valence-corrected chi connectivity index (χ3v) is 3.75. The van der Waals surface area contributed by atoms with E-state index in [0.29, 0.717) is 24.7 Å². The molecule has 1 aliphatic heterocycles. The van der Waals surface area contributed by atoms with Gasteiger partial charge in [-0.25, -0.2) is 0 Å². The standard InChI is InChI=1S/C16H22N2O3/c1-12(2)8-10-17-14(19)16(21)9-11-18(15(16)20)13-6-4-3-5-7-13/h3-7,12,21H,8-11H2,1-2H3,(H,17,19)/t16-/m0/s1. The first-order chi connectivity index (χ1) is 9.95. The number of hydrogen-bond acceptors (Lipinski definition) is 3. The predicted molar refractivity (Wildman–Crippen MR) is 80.8 cm³/mol. The third-order valence-electron chi connectivity index (χ3n) is 3.75. The molecular weight excluding hydrogens is 268 g/mol. The maximum absolute atomic E-state index is 12.4. The SMILES string of the molecule is CC(C)CCNC(=O)[C@@]1(O)CCN(c2ccccc2)C1=O. The first kappa shape index (κ1) is 15.5. The molecule has 0 aliphatic carbocycles. The summed E-state index contributed by atoms with van der Waals surface area (Å²) in [5, 5.41) is 13.1. The summed E-state index contributed by atoms with van der Waals surface area (Å²) >= 11 is 0. The Morgan fingerprint density at radius 2 is 2.05 bits per heavy atom. The highest BCUT2D eigenvalue weighted by Gasteiger charge is 2.51. The molecule has 0 radical (unpaired) electrons. The highest BCUT2D eigenvalue weighted by Crippen LogP contribution is 2.28. The average molecular weight is 290 g/mol. The first-order valence-corrected chi connectivity index (χ1v) is 7.33. The number of nitrogens with zero attached hydrogens (tertiary/aromatic N) is 1. The van der Waals surface area contributed by atoms with E-state index >= 15 is 0 Å². The average Bonchev–Trinajstić information content (AvgIpc) is 2.77. The molecule has 21 heavy (non-hydrogen) atoms. The Hall–Kier alpha value is -1.88. The van der Waals surface area contributed by atoms with Gasteiger partial charge >= 0.3 is 0 Å². The number of aliphatic hydroxyl groups is 1. The van der Waals surface area contributed by atoms with Crippen LogP contribution >= 0.6 is 0 Å². The largest absolute Gasteiger partial charge is 0.372 e. The van der Waals surface area contributed by atoms with E-state index in [1.165, 1.54) is 4.90 Å².